The molecule has 1 N–H and O–H groups in total. The molecule has 0 saturated heterocycles. The number of benzene rings is 1. The van der Waals surface area contributed by atoms with Crippen molar-refractivity contribution in [3.05, 3.63) is 29.3 Å². The molecule has 1 aromatic carbocycles. The Morgan fingerprint density at radius 1 is 1.17 bits per heavy atom. The van der Waals surface area contributed by atoms with Gasteiger partial charge in [0.25, 0.3) is 0 Å². The van der Waals surface area contributed by atoms with E-state index in [0.717, 1.165) is 25.4 Å². The number of hydrogen-bond acceptors (Lipinski definition) is 2. The highest BCUT2D eigenvalue weighted by molar-refractivity contribution is 5.40. The van der Waals surface area contributed by atoms with Crippen LogP contribution in [0.15, 0.2) is 18.2 Å². The van der Waals surface area contributed by atoms with E-state index in [0.29, 0.717) is 5.92 Å². The Balaban J connectivity index is 2.72. The summed E-state index contributed by atoms with van der Waals surface area (Å²) < 4.78 is 6.07. The second kappa shape index (κ2) is 8.15. The lowest BCUT2D eigenvalue weighted by Gasteiger charge is -2.18. The molecule has 0 aliphatic heterocycles. The molecular formula is C16H27NO. The van der Waals surface area contributed by atoms with E-state index in [-0.39, 0.29) is 0 Å². The van der Waals surface area contributed by atoms with Crippen LogP contribution in [-0.4, -0.2) is 13.2 Å². The smallest absolute Gasteiger partial charge is 0.126 e. The monoisotopic (exact) mass is 249 g/mol. The lowest BCUT2D eigenvalue weighted by Crippen LogP contribution is -2.15. The Kier molecular flexibility index (Phi) is 6.81. The van der Waals surface area contributed by atoms with Crippen LogP contribution in [0.2, 0.25) is 0 Å². The predicted octanol–water partition coefficient (Wildman–Crippen LogP) is 3.92. The second-order valence-corrected chi connectivity index (χ2v) is 4.84. The fourth-order valence-corrected chi connectivity index (χ4v) is 2.04. The van der Waals surface area contributed by atoms with Gasteiger partial charge < -0.3 is 10.1 Å². The Bertz CT molecular complexity index is 345. The molecule has 0 aliphatic rings. The average Bonchev–Trinajstić information content (AvgIpc) is 2.39. The summed E-state index contributed by atoms with van der Waals surface area (Å²) in [7, 11) is 0. The summed E-state index contributed by atoms with van der Waals surface area (Å²) >= 11 is 0. The SMILES string of the molecule is CCNCc1cccc(C)c1OCC(CC)CC. The highest BCUT2D eigenvalue weighted by Crippen LogP contribution is 2.24. The number of para-hydroxylation sites is 1. The third-order valence-corrected chi connectivity index (χ3v) is 3.48. The van der Waals surface area contributed by atoms with Crippen LogP contribution in [-0.2, 0) is 6.54 Å². The first-order valence-electron chi connectivity index (χ1n) is 7.14. The minimum atomic E-state index is 0.664. The maximum absolute atomic E-state index is 6.07. The number of hydrogen-bond donors (Lipinski definition) is 1. The van der Waals surface area contributed by atoms with Gasteiger partial charge in [-0.05, 0) is 24.9 Å². The highest BCUT2D eigenvalue weighted by atomic mass is 16.5. The third kappa shape index (κ3) is 4.34. The van der Waals surface area contributed by atoms with Crippen LogP contribution in [0.1, 0.15) is 44.7 Å². The fourth-order valence-electron chi connectivity index (χ4n) is 2.04. The summed E-state index contributed by atoms with van der Waals surface area (Å²) in [4.78, 5) is 0. The first kappa shape index (κ1) is 15.0. The molecule has 18 heavy (non-hydrogen) atoms. The van der Waals surface area contributed by atoms with Crippen LogP contribution >= 0.6 is 0 Å². The molecule has 102 valence electrons. The molecule has 0 spiro atoms. The number of rotatable bonds is 8. The van der Waals surface area contributed by atoms with Gasteiger partial charge in [0, 0.05) is 12.1 Å². The molecule has 2 heteroatoms. The summed E-state index contributed by atoms with van der Waals surface area (Å²) in [6.07, 6.45) is 2.37. The summed E-state index contributed by atoms with van der Waals surface area (Å²) in [5.41, 5.74) is 2.50. The normalized spacial score (nSPS) is 10.9. The molecule has 0 heterocycles. The number of ether oxygens (including phenoxy) is 1. The van der Waals surface area contributed by atoms with Crippen molar-refractivity contribution < 1.29 is 4.74 Å². The number of aryl methyl sites for hydroxylation is 1. The van der Waals surface area contributed by atoms with Crippen molar-refractivity contribution >= 4 is 0 Å². The summed E-state index contributed by atoms with van der Waals surface area (Å²) in [6, 6.07) is 6.38. The van der Waals surface area contributed by atoms with Gasteiger partial charge in [0.15, 0.2) is 0 Å². The van der Waals surface area contributed by atoms with Gasteiger partial charge in [0.05, 0.1) is 6.61 Å². The van der Waals surface area contributed by atoms with E-state index in [2.05, 4.69) is 51.2 Å². The quantitative estimate of drug-likeness (QED) is 0.754. The zero-order chi connectivity index (χ0) is 13.4. The van der Waals surface area contributed by atoms with Crippen molar-refractivity contribution in [2.24, 2.45) is 5.92 Å². The average molecular weight is 249 g/mol. The van der Waals surface area contributed by atoms with Gasteiger partial charge in [-0.3, -0.25) is 0 Å². The van der Waals surface area contributed by atoms with Gasteiger partial charge in [-0.1, -0.05) is 51.8 Å². The Hall–Kier alpha value is -1.02. The molecule has 0 aliphatic carbocycles. The van der Waals surface area contributed by atoms with E-state index in [4.69, 9.17) is 4.74 Å². The van der Waals surface area contributed by atoms with Gasteiger partial charge in [-0.25, -0.2) is 0 Å². The second-order valence-electron chi connectivity index (χ2n) is 4.84. The minimum absolute atomic E-state index is 0.664. The first-order chi connectivity index (χ1) is 8.72. The molecule has 1 aromatic rings. The van der Waals surface area contributed by atoms with Gasteiger partial charge in [0.2, 0.25) is 0 Å². The number of nitrogens with one attached hydrogen (secondary N) is 1. The Morgan fingerprint density at radius 2 is 1.89 bits per heavy atom. The van der Waals surface area contributed by atoms with Crippen molar-refractivity contribution in [3.63, 3.8) is 0 Å². The Morgan fingerprint density at radius 3 is 2.50 bits per heavy atom. The van der Waals surface area contributed by atoms with Crippen LogP contribution in [0.25, 0.3) is 0 Å². The maximum Gasteiger partial charge on any atom is 0.126 e. The van der Waals surface area contributed by atoms with E-state index in [1.807, 2.05) is 0 Å². The van der Waals surface area contributed by atoms with Crippen LogP contribution < -0.4 is 10.1 Å². The van der Waals surface area contributed by atoms with E-state index in [9.17, 15) is 0 Å². The lowest BCUT2D eigenvalue weighted by atomic mass is 10.0. The molecular weight excluding hydrogens is 222 g/mol. The van der Waals surface area contributed by atoms with E-state index < -0.39 is 0 Å². The standard InChI is InChI=1S/C16H27NO/c1-5-14(6-2)12-18-16-13(4)9-8-10-15(16)11-17-7-3/h8-10,14,17H,5-7,11-12H2,1-4H3. The van der Waals surface area contributed by atoms with Crippen molar-refractivity contribution in [3.8, 4) is 5.75 Å². The summed E-state index contributed by atoms with van der Waals surface area (Å²) in [5.74, 6) is 1.74. The van der Waals surface area contributed by atoms with Crippen LogP contribution in [0.5, 0.6) is 5.75 Å². The molecule has 0 fully saturated rings. The third-order valence-electron chi connectivity index (χ3n) is 3.48. The minimum Gasteiger partial charge on any atom is -0.493 e. The fraction of sp³-hybridized carbons (Fsp3) is 0.625. The summed E-state index contributed by atoms with van der Waals surface area (Å²) in [5, 5.41) is 3.37. The van der Waals surface area contributed by atoms with E-state index in [1.54, 1.807) is 0 Å². The van der Waals surface area contributed by atoms with Crippen molar-refractivity contribution in [1.82, 2.24) is 5.32 Å². The molecule has 2 nitrogen and oxygen atoms in total. The van der Waals surface area contributed by atoms with Crippen molar-refractivity contribution in [2.45, 2.75) is 47.1 Å². The van der Waals surface area contributed by atoms with Gasteiger partial charge in [-0.2, -0.15) is 0 Å². The zero-order valence-electron chi connectivity index (χ0n) is 12.3. The molecule has 1 rings (SSSR count). The topological polar surface area (TPSA) is 21.3 Å². The molecule has 0 atom stereocenters. The van der Waals surface area contributed by atoms with E-state index >= 15 is 0 Å². The predicted molar refractivity (Wildman–Crippen MR) is 78.1 cm³/mol. The van der Waals surface area contributed by atoms with Crippen LogP contribution in [0.4, 0.5) is 0 Å². The largest absolute Gasteiger partial charge is 0.493 e. The highest BCUT2D eigenvalue weighted by Gasteiger charge is 2.09. The van der Waals surface area contributed by atoms with Crippen LogP contribution in [0, 0.1) is 12.8 Å². The van der Waals surface area contributed by atoms with Gasteiger partial charge >= 0.3 is 0 Å². The van der Waals surface area contributed by atoms with Crippen LogP contribution in [0.3, 0.4) is 0 Å². The lowest BCUT2D eigenvalue weighted by molar-refractivity contribution is 0.237. The van der Waals surface area contributed by atoms with Crippen molar-refractivity contribution in [2.75, 3.05) is 13.2 Å². The molecule has 0 saturated carbocycles. The molecule has 0 amide bonds. The first-order valence-corrected chi connectivity index (χ1v) is 7.14. The zero-order valence-corrected chi connectivity index (χ0v) is 12.3. The van der Waals surface area contributed by atoms with Gasteiger partial charge in [0.1, 0.15) is 5.75 Å². The van der Waals surface area contributed by atoms with Crippen molar-refractivity contribution in [1.29, 1.82) is 0 Å². The molecule has 0 radical (unpaired) electrons. The molecule has 0 aromatic heterocycles. The molecule has 0 bridgehead atoms. The summed E-state index contributed by atoms with van der Waals surface area (Å²) in [6.45, 7) is 11.4. The Labute approximate surface area is 112 Å². The molecule has 0 unspecified atom stereocenters. The maximum atomic E-state index is 6.07. The van der Waals surface area contributed by atoms with E-state index in [1.165, 1.54) is 24.0 Å². The van der Waals surface area contributed by atoms with Gasteiger partial charge in [-0.15, -0.1) is 0 Å².